The summed E-state index contributed by atoms with van der Waals surface area (Å²) in [6.45, 7) is 1.91. The maximum absolute atomic E-state index is 11.9. The zero-order valence-corrected chi connectivity index (χ0v) is 12.4. The molecule has 5 nitrogen and oxygen atoms in total. The third kappa shape index (κ3) is 4.39. The molecule has 2 aromatic rings. The molecular formula is C15H16N2O3S. The number of aryl methyl sites for hydroxylation is 1. The Morgan fingerprint density at radius 2 is 2.05 bits per heavy atom. The minimum atomic E-state index is -0.917. The van der Waals surface area contributed by atoms with Crippen LogP contribution in [0.15, 0.2) is 36.5 Å². The number of carbonyl (C=O) groups excluding carboxylic acids is 1. The molecule has 2 rings (SSSR count). The zero-order valence-electron chi connectivity index (χ0n) is 11.6. The van der Waals surface area contributed by atoms with Crippen LogP contribution in [0.4, 0.5) is 0 Å². The smallest absolute Gasteiger partial charge is 0.308 e. The van der Waals surface area contributed by atoms with Crippen molar-refractivity contribution in [1.82, 2.24) is 10.3 Å². The number of nitrogens with zero attached hydrogens (tertiary/aromatic N) is 1. The average molecular weight is 304 g/mol. The van der Waals surface area contributed by atoms with Crippen LogP contribution in [0.2, 0.25) is 0 Å². The molecule has 0 saturated heterocycles. The Bertz CT molecular complexity index is 625. The molecule has 6 heteroatoms. The van der Waals surface area contributed by atoms with Gasteiger partial charge in [-0.2, -0.15) is 0 Å². The largest absolute Gasteiger partial charge is 0.481 e. The number of aliphatic carboxylic acids is 1. The first-order valence-electron chi connectivity index (χ1n) is 6.53. The number of thiazole rings is 1. The number of benzene rings is 1. The molecule has 1 amide bonds. The summed E-state index contributed by atoms with van der Waals surface area (Å²) in [5.74, 6) is -1.84. The lowest BCUT2D eigenvalue weighted by Gasteiger charge is -2.13. The van der Waals surface area contributed by atoms with Gasteiger partial charge in [-0.1, -0.05) is 30.3 Å². The van der Waals surface area contributed by atoms with Crippen molar-refractivity contribution >= 4 is 23.2 Å². The van der Waals surface area contributed by atoms with E-state index in [0.29, 0.717) is 11.3 Å². The van der Waals surface area contributed by atoms with Gasteiger partial charge in [0.15, 0.2) is 0 Å². The fourth-order valence-electron chi connectivity index (χ4n) is 1.91. The van der Waals surface area contributed by atoms with Crippen molar-refractivity contribution in [3.63, 3.8) is 0 Å². The van der Waals surface area contributed by atoms with Crippen molar-refractivity contribution in [1.29, 1.82) is 0 Å². The Balaban J connectivity index is 1.94. The minimum Gasteiger partial charge on any atom is -0.481 e. The molecule has 0 aliphatic rings. The molecule has 0 aliphatic heterocycles. The van der Waals surface area contributed by atoms with Crippen molar-refractivity contribution < 1.29 is 14.7 Å². The third-order valence-electron chi connectivity index (χ3n) is 3.03. The first kappa shape index (κ1) is 15.2. The van der Waals surface area contributed by atoms with Gasteiger partial charge in [0.1, 0.15) is 4.88 Å². The Kier molecular flexibility index (Phi) is 5.05. The van der Waals surface area contributed by atoms with Gasteiger partial charge >= 0.3 is 5.97 Å². The van der Waals surface area contributed by atoms with E-state index in [4.69, 9.17) is 0 Å². The van der Waals surface area contributed by atoms with Crippen LogP contribution in [0.3, 0.4) is 0 Å². The van der Waals surface area contributed by atoms with E-state index in [-0.39, 0.29) is 12.5 Å². The molecular weight excluding hydrogens is 288 g/mol. The van der Waals surface area contributed by atoms with E-state index >= 15 is 0 Å². The SMILES string of the molecule is Cc1ncc(C(=O)NCC(Cc2ccccc2)C(=O)O)s1. The van der Waals surface area contributed by atoms with E-state index in [1.165, 1.54) is 17.5 Å². The second-order valence-corrected chi connectivity index (χ2v) is 5.91. The van der Waals surface area contributed by atoms with Gasteiger partial charge in [-0.25, -0.2) is 4.98 Å². The van der Waals surface area contributed by atoms with Crippen molar-refractivity contribution in [2.45, 2.75) is 13.3 Å². The average Bonchev–Trinajstić information content (AvgIpc) is 2.90. The van der Waals surface area contributed by atoms with Gasteiger partial charge in [0.05, 0.1) is 17.1 Å². The fraction of sp³-hybridized carbons (Fsp3) is 0.267. The standard InChI is InChI=1S/C15H16N2O3S/c1-10-16-9-13(21-10)14(18)17-8-12(15(19)20)7-11-5-3-2-4-6-11/h2-6,9,12H,7-8H2,1H3,(H,17,18)(H,19,20). The number of carbonyl (C=O) groups is 2. The monoisotopic (exact) mass is 304 g/mol. The second-order valence-electron chi connectivity index (χ2n) is 4.68. The molecule has 0 bridgehead atoms. The van der Waals surface area contributed by atoms with Gasteiger partial charge in [-0.15, -0.1) is 11.3 Å². The van der Waals surface area contributed by atoms with Gasteiger partial charge in [0, 0.05) is 6.54 Å². The Labute approximate surface area is 126 Å². The molecule has 2 N–H and O–H groups in total. The quantitative estimate of drug-likeness (QED) is 0.857. The number of nitrogens with one attached hydrogen (secondary N) is 1. The zero-order chi connectivity index (χ0) is 15.2. The number of hydrogen-bond acceptors (Lipinski definition) is 4. The number of carboxylic acids is 1. The molecule has 1 aromatic heterocycles. The summed E-state index contributed by atoms with van der Waals surface area (Å²) >= 11 is 1.29. The summed E-state index contributed by atoms with van der Waals surface area (Å²) in [7, 11) is 0. The number of hydrogen-bond donors (Lipinski definition) is 2. The molecule has 21 heavy (non-hydrogen) atoms. The summed E-state index contributed by atoms with van der Waals surface area (Å²) in [5.41, 5.74) is 0.938. The molecule has 1 unspecified atom stereocenters. The number of carboxylic acid groups (broad SMARTS) is 1. The first-order valence-corrected chi connectivity index (χ1v) is 7.35. The summed E-state index contributed by atoms with van der Waals surface area (Å²) in [6, 6.07) is 9.38. The van der Waals surface area contributed by atoms with Crippen LogP contribution in [-0.2, 0) is 11.2 Å². The molecule has 0 spiro atoms. The van der Waals surface area contributed by atoms with E-state index in [1.807, 2.05) is 37.3 Å². The van der Waals surface area contributed by atoms with E-state index in [2.05, 4.69) is 10.3 Å². The van der Waals surface area contributed by atoms with E-state index < -0.39 is 11.9 Å². The number of aromatic nitrogens is 1. The van der Waals surface area contributed by atoms with Crippen molar-refractivity contribution in [3.05, 3.63) is 52.0 Å². The van der Waals surface area contributed by atoms with Gasteiger partial charge in [-0.05, 0) is 18.9 Å². The van der Waals surface area contributed by atoms with Crippen LogP contribution in [0.25, 0.3) is 0 Å². The highest BCUT2D eigenvalue weighted by Gasteiger charge is 2.19. The third-order valence-corrected chi connectivity index (χ3v) is 3.94. The van der Waals surface area contributed by atoms with E-state index in [9.17, 15) is 14.7 Å². The molecule has 1 aromatic carbocycles. The maximum Gasteiger partial charge on any atom is 0.308 e. The summed E-state index contributed by atoms with van der Waals surface area (Å²) < 4.78 is 0. The van der Waals surface area contributed by atoms with Crippen LogP contribution in [0, 0.1) is 12.8 Å². The van der Waals surface area contributed by atoms with Gasteiger partial charge < -0.3 is 10.4 Å². The minimum absolute atomic E-state index is 0.0972. The highest BCUT2D eigenvalue weighted by Crippen LogP contribution is 2.12. The molecule has 0 fully saturated rings. The predicted molar refractivity (Wildman–Crippen MR) is 80.5 cm³/mol. The van der Waals surface area contributed by atoms with E-state index in [1.54, 1.807) is 0 Å². The fourth-order valence-corrected chi connectivity index (χ4v) is 2.61. The van der Waals surface area contributed by atoms with Crippen LogP contribution in [0.1, 0.15) is 20.2 Å². The van der Waals surface area contributed by atoms with Crippen molar-refractivity contribution in [3.8, 4) is 0 Å². The Hall–Kier alpha value is -2.21. The lowest BCUT2D eigenvalue weighted by molar-refractivity contribution is -0.141. The normalized spacial score (nSPS) is 11.9. The van der Waals surface area contributed by atoms with Gasteiger partial charge in [-0.3, -0.25) is 9.59 Å². The first-order chi connectivity index (χ1) is 10.1. The summed E-state index contributed by atoms with van der Waals surface area (Å²) in [6.07, 6.45) is 1.89. The molecule has 110 valence electrons. The topological polar surface area (TPSA) is 79.3 Å². The molecule has 0 saturated carbocycles. The highest BCUT2D eigenvalue weighted by atomic mass is 32.1. The predicted octanol–water partition coefficient (Wildman–Crippen LogP) is 2.12. The van der Waals surface area contributed by atoms with Crippen LogP contribution in [-0.4, -0.2) is 28.5 Å². The van der Waals surface area contributed by atoms with Gasteiger partial charge in [0.2, 0.25) is 0 Å². The Morgan fingerprint density at radius 3 is 2.62 bits per heavy atom. The van der Waals surface area contributed by atoms with Crippen LogP contribution >= 0.6 is 11.3 Å². The molecule has 1 heterocycles. The van der Waals surface area contributed by atoms with Crippen LogP contribution < -0.4 is 5.32 Å². The molecule has 0 radical (unpaired) electrons. The lowest BCUT2D eigenvalue weighted by atomic mass is 9.99. The number of rotatable bonds is 6. The summed E-state index contributed by atoms with van der Waals surface area (Å²) in [5, 5.41) is 12.7. The molecule has 1 atom stereocenters. The summed E-state index contributed by atoms with van der Waals surface area (Å²) in [4.78, 5) is 27.7. The lowest BCUT2D eigenvalue weighted by Crippen LogP contribution is -2.33. The second kappa shape index (κ2) is 6.99. The Morgan fingerprint density at radius 1 is 1.33 bits per heavy atom. The highest BCUT2D eigenvalue weighted by molar-refractivity contribution is 7.13. The van der Waals surface area contributed by atoms with Crippen molar-refractivity contribution in [2.75, 3.05) is 6.54 Å². The van der Waals surface area contributed by atoms with Gasteiger partial charge in [0.25, 0.3) is 5.91 Å². The maximum atomic E-state index is 11.9. The van der Waals surface area contributed by atoms with E-state index in [0.717, 1.165) is 10.6 Å². The van der Waals surface area contributed by atoms with Crippen LogP contribution in [0.5, 0.6) is 0 Å². The number of amides is 1. The van der Waals surface area contributed by atoms with Crippen molar-refractivity contribution in [2.24, 2.45) is 5.92 Å². The molecule has 0 aliphatic carbocycles.